The van der Waals surface area contributed by atoms with Crippen molar-refractivity contribution in [2.24, 2.45) is 0 Å². The summed E-state index contributed by atoms with van der Waals surface area (Å²) in [6, 6.07) is 1.31. The summed E-state index contributed by atoms with van der Waals surface area (Å²) in [7, 11) is 1.29. The van der Waals surface area contributed by atoms with Gasteiger partial charge in [-0.25, -0.2) is 4.79 Å². The third kappa shape index (κ3) is 3.42. The van der Waals surface area contributed by atoms with Gasteiger partial charge in [0.2, 0.25) is 0 Å². The van der Waals surface area contributed by atoms with Crippen molar-refractivity contribution in [1.82, 2.24) is 5.32 Å². The van der Waals surface area contributed by atoms with Crippen molar-refractivity contribution in [3.63, 3.8) is 0 Å². The number of rotatable bonds is 4. The van der Waals surface area contributed by atoms with Gasteiger partial charge < -0.3 is 20.1 Å². The second-order valence-corrected chi connectivity index (χ2v) is 5.90. The quantitative estimate of drug-likeness (QED) is 0.646. The van der Waals surface area contributed by atoms with Gasteiger partial charge in [0.1, 0.15) is 0 Å². The first kappa shape index (κ1) is 15.5. The van der Waals surface area contributed by atoms with Gasteiger partial charge >= 0.3 is 11.8 Å². The lowest BCUT2D eigenvalue weighted by Crippen LogP contribution is -2.36. The van der Waals surface area contributed by atoms with Crippen LogP contribution in [0.4, 0.5) is 15.5 Å². The van der Waals surface area contributed by atoms with E-state index in [0.717, 1.165) is 0 Å². The molecule has 2 heterocycles. The number of amides is 1. The van der Waals surface area contributed by atoms with Crippen LogP contribution in [-0.4, -0.2) is 42.4 Å². The molecule has 1 unspecified atom stereocenters. The number of thiophene rings is 1. The minimum absolute atomic E-state index is 0.00498. The number of nitrogens with one attached hydrogen (secondary N) is 1. The SMILES string of the molecule is COC(=O)NC1CCN(c2sc([C@@H](C)O)cc2[N+](=O)[O-])C1. The van der Waals surface area contributed by atoms with E-state index in [1.165, 1.54) is 24.5 Å². The summed E-state index contributed by atoms with van der Waals surface area (Å²) in [6.07, 6.45) is -0.560. The molecule has 1 aromatic heterocycles. The maximum absolute atomic E-state index is 11.2. The van der Waals surface area contributed by atoms with Gasteiger partial charge in [0.05, 0.1) is 24.2 Å². The molecule has 1 fully saturated rings. The molecule has 8 nitrogen and oxygen atoms in total. The number of hydrogen-bond acceptors (Lipinski definition) is 7. The van der Waals surface area contributed by atoms with Crippen molar-refractivity contribution in [3.8, 4) is 0 Å². The molecule has 0 aliphatic carbocycles. The molecule has 2 rings (SSSR count). The normalized spacial score (nSPS) is 19.4. The van der Waals surface area contributed by atoms with Crippen LogP contribution in [0.15, 0.2) is 6.07 Å². The first-order valence-corrected chi connectivity index (χ1v) is 7.29. The average Bonchev–Trinajstić information content (AvgIpc) is 3.04. The minimum Gasteiger partial charge on any atom is -0.453 e. The molecule has 1 aliphatic rings. The van der Waals surface area contributed by atoms with Crippen molar-refractivity contribution < 1.29 is 19.6 Å². The van der Waals surface area contributed by atoms with Gasteiger partial charge in [-0.1, -0.05) is 0 Å². The molecule has 0 bridgehead atoms. The molecule has 0 radical (unpaired) electrons. The molecule has 0 saturated carbocycles. The van der Waals surface area contributed by atoms with Gasteiger partial charge in [0.25, 0.3) is 0 Å². The molecule has 9 heteroatoms. The lowest BCUT2D eigenvalue weighted by atomic mass is 10.3. The van der Waals surface area contributed by atoms with Crippen LogP contribution in [0.3, 0.4) is 0 Å². The van der Waals surface area contributed by atoms with Gasteiger partial charge in [-0.3, -0.25) is 10.1 Å². The fourth-order valence-electron chi connectivity index (χ4n) is 2.24. The van der Waals surface area contributed by atoms with E-state index in [0.29, 0.717) is 29.4 Å². The lowest BCUT2D eigenvalue weighted by Gasteiger charge is -2.16. The Morgan fingerprint density at radius 1 is 1.71 bits per heavy atom. The molecular formula is C12H17N3O5S. The molecule has 2 atom stereocenters. The molecule has 116 valence electrons. The van der Waals surface area contributed by atoms with E-state index >= 15 is 0 Å². The Hall–Kier alpha value is -1.87. The number of ether oxygens (including phenoxy) is 1. The Morgan fingerprint density at radius 2 is 2.43 bits per heavy atom. The van der Waals surface area contributed by atoms with Crippen LogP contribution in [0.2, 0.25) is 0 Å². The van der Waals surface area contributed by atoms with E-state index < -0.39 is 17.1 Å². The third-order valence-corrected chi connectivity index (χ3v) is 4.66. The fourth-order valence-corrected chi connectivity index (χ4v) is 3.34. The van der Waals surface area contributed by atoms with Crippen LogP contribution in [0.25, 0.3) is 0 Å². The zero-order valence-corrected chi connectivity index (χ0v) is 12.6. The molecule has 0 aromatic carbocycles. The summed E-state index contributed by atoms with van der Waals surface area (Å²) < 4.78 is 4.54. The minimum atomic E-state index is -0.742. The zero-order chi connectivity index (χ0) is 15.6. The molecular weight excluding hydrogens is 298 g/mol. The Balaban J connectivity index is 2.15. The van der Waals surface area contributed by atoms with E-state index in [4.69, 9.17) is 0 Å². The number of hydrogen-bond donors (Lipinski definition) is 2. The van der Waals surface area contributed by atoms with Gasteiger partial charge in [-0.15, -0.1) is 11.3 Å². The topological polar surface area (TPSA) is 105 Å². The summed E-state index contributed by atoms with van der Waals surface area (Å²) in [5.74, 6) is 0. The van der Waals surface area contributed by atoms with Crippen LogP contribution < -0.4 is 10.2 Å². The van der Waals surface area contributed by atoms with Crippen LogP contribution in [0.5, 0.6) is 0 Å². The third-order valence-electron chi connectivity index (χ3n) is 3.30. The highest BCUT2D eigenvalue weighted by Gasteiger charge is 2.31. The van der Waals surface area contributed by atoms with Gasteiger partial charge in [-0.2, -0.15) is 0 Å². The maximum Gasteiger partial charge on any atom is 0.407 e. The van der Waals surface area contributed by atoms with Crippen molar-refractivity contribution >= 4 is 28.1 Å². The molecule has 0 spiro atoms. The summed E-state index contributed by atoms with van der Waals surface area (Å²) in [4.78, 5) is 24.3. The lowest BCUT2D eigenvalue weighted by molar-refractivity contribution is -0.383. The number of aliphatic hydroxyl groups excluding tert-OH is 1. The Kier molecular flexibility index (Phi) is 4.63. The average molecular weight is 315 g/mol. The highest BCUT2D eigenvalue weighted by atomic mass is 32.1. The van der Waals surface area contributed by atoms with Gasteiger partial charge in [0, 0.05) is 24.0 Å². The summed E-state index contributed by atoms with van der Waals surface area (Å²) >= 11 is 1.21. The van der Waals surface area contributed by atoms with Crippen LogP contribution in [0.1, 0.15) is 24.3 Å². The predicted molar refractivity (Wildman–Crippen MR) is 77.8 cm³/mol. The van der Waals surface area contributed by atoms with Gasteiger partial charge in [0.15, 0.2) is 5.00 Å². The van der Waals surface area contributed by atoms with E-state index in [1.807, 2.05) is 4.90 Å². The molecule has 1 amide bonds. The van der Waals surface area contributed by atoms with Crippen molar-refractivity contribution in [2.75, 3.05) is 25.1 Å². The number of anilines is 1. The number of carbonyl (C=O) groups is 1. The molecule has 2 N–H and O–H groups in total. The first-order chi connectivity index (χ1) is 9.92. The highest BCUT2D eigenvalue weighted by molar-refractivity contribution is 7.16. The second kappa shape index (κ2) is 6.27. The smallest absolute Gasteiger partial charge is 0.407 e. The van der Waals surface area contributed by atoms with E-state index in [9.17, 15) is 20.0 Å². The van der Waals surface area contributed by atoms with Crippen molar-refractivity contribution in [3.05, 3.63) is 21.1 Å². The number of nitro groups is 1. The monoisotopic (exact) mass is 315 g/mol. The van der Waals surface area contributed by atoms with E-state index in [-0.39, 0.29) is 11.7 Å². The summed E-state index contributed by atoms with van der Waals surface area (Å²) in [5.41, 5.74) is -0.00498. The van der Waals surface area contributed by atoms with E-state index in [1.54, 1.807) is 6.92 Å². The highest BCUT2D eigenvalue weighted by Crippen LogP contribution is 2.41. The molecule has 1 aromatic rings. The fraction of sp³-hybridized carbons (Fsp3) is 0.583. The number of methoxy groups -OCH3 is 1. The Bertz CT molecular complexity index is 545. The standard InChI is InChI=1S/C12H17N3O5S/c1-7(16)10-5-9(15(18)19)11(21-10)14-4-3-8(6-14)13-12(17)20-2/h5,7-8,16H,3-4,6H2,1-2H3,(H,13,17)/t7-,8?/m1/s1. The molecule has 21 heavy (non-hydrogen) atoms. The van der Waals surface area contributed by atoms with Gasteiger partial charge in [-0.05, 0) is 13.3 Å². The first-order valence-electron chi connectivity index (χ1n) is 6.48. The zero-order valence-electron chi connectivity index (χ0n) is 11.7. The molecule has 1 aliphatic heterocycles. The summed E-state index contributed by atoms with van der Waals surface area (Å²) in [6.45, 7) is 2.66. The number of aliphatic hydroxyl groups is 1. The second-order valence-electron chi connectivity index (χ2n) is 4.84. The van der Waals surface area contributed by atoms with E-state index in [2.05, 4.69) is 10.1 Å². The molecule has 1 saturated heterocycles. The van der Waals surface area contributed by atoms with Crippen LogP contribution >= 0.6 is 11.3 Å². The number of carbonyl (C=O) groups excluding carboxylic acids is 1. The van der Waals surface area contributed by atoms with Crippen molar-refractivity contribution in [1.29, 1.82) is 0 Å². The maximum atomic E-state index is 11.2. The number of alkyl carbamates (subject to hydrolysis) is 1. The Morgan fingerprint density at radius 3 is 3.00 bits per heavy atom. The van der Waals surface area contributed by atoms with Crippen LogP contribution in [0, 0.1) is 10.1 Å². The summed E-state index contributed by atoms with van der Waals surface area (Å²) in [5, 5.41) is 23.9. The van der Waals surface area contributed by atoms with Crippen LogP contribution in [-0.2, 0) is 4.74 Å². The Labute approximate surface area is 125 Å². The number of nitrogens with zero attached hydrogens (tertiary/aromatic N) is 2. The van der Waals surface area contributed by atoms with Crippen molar-refractivity contribution in [2.45, 2.75) is 25.5 Å². The largest absolute Gasteiger partial charge is 0.453 e. The predicted octanol–water partition coefficient (Wildman–Crippen LogP) is 1.64.